The van der Waals surface area contributed by atoms with Crippen LogP contribution in [0.5, 0.6) is 0 Å². The number of nitrogens with one attached hydrogen (secondary N) is 2. The number of rotatable bonds is 14. The number of carbonyl (C=O) groups excluding carboxylic acids is 2. The van der Waals surface area contributed by atoms with E-state index in [4.69, 9.17) is 14.7 Å². The Morgan fingerprint density at radius 2 is 1.57 bits per heavy atom. The number of amides is 2. The Labute approximate surface area is 269 Å². The molecule has 0 aliphatic carbocycles. The van der Waals surface area contributed by atoms with Crippen LogP contribution in [0.4, 0.5) is 11.6 Å². The summed E-state index contributed by atoms with van der Waals surface area (Å²) in [4.78, 5) is 37.2. The normalized spacial score (nSPS) is 20.3. The van der Waals surface area contributed by atoms with Gasteiger partial charge in [0.1, 0.15) is 0 Å². The molecular weight excluding hydrogens is 588 g/mol. The van der Waals surface area contributed by atoms with Crippen LogP contribution in [-0.2, 0) is 25.7 Å². The first kappa shape index (κ1) is 33.4. The smallest absolute Gasteiger partial charge is 0.243 e. The molecule has 2 fully saturated rings. The number of anilines is 2. The first-order valence-corrected chi connectivity index (χ1v) is 16.1. The fraction of sp³-hybridized carbons (Fsp3) is 0.471. The number of hydrogen-bond donors (Lipinski definition) is 4. The molecular formula is C34H44N6O6. The molecule has 2 aliphatic rings. The highest BCUT2D eigenvalue weighted by Gasteiger charge is 2.34. The van der Waals surface area contributed by atoms with E-state index in [1.807, 2.05) is 54.6 Å². The second kappa shape index (κ2) is 17.1. The fourth-order valence-electron chi connectivity index (χ4n) is 5.87. The van der Waals surface area contributed by atoms with Crippen molar-refractivity contribution in [1.82, 2.24) is 20.3 Å². The van der Waals surface area contributed by atoms with Gasteiger partial charge in [-0.1, -0.05) is 49.2 Å². The summed E-state index contributed by atoms with van der Waals surface area (Å²) in [6, 6.07) is 17.3. The third kappa shape index (κ3) is 9.78. The maximum Gasteiger partial charge on any atom is 0.243 e. The van der Waals surface area contributed by atoms with E-state index in [-0.39, 0.29) is 31.1 Å². The van der Waals surface area contributed by atoms with Crippen LogP contribution in [0, 0.1) is 0 Å². The van der Waals surface area contributed by atoms with Crippen LogP contribution in [0.3, 0.4) is 0 Å². The average molecular weight is 633 g/mol. The number of hydrogen-bond acceptors (Lipinski definition) is 10. The van der Waals surface area contributed by atoms with Gasteiger partial charge in [0.2, 0.25) is 17.8 Å². The van der Waals surface area contributed by atoms with Crippen molar-refractivity contribution < 1.29 is 29.4 Å². The minimum Gasteiger partial charge on any atom is -0.392 e. The molecule has 12 heteroatoms. The number of carbonyl (C=O) groups is 2. The summed E-state index contributed by atoms with van der Waals surface area (Å²) in [6.45, 7) is 4.17. The van der Waals surface area contributed by atoms with Gasteiger partial charge in [0.25, 0.3) is 0 Å². The minimum absolute atomic E-state index is 0.0119. The number of hydroxylamine groups is 1. The second-order valence-corrected chi connectivity index (χ2v) is 11.8. The molecule has 2 aliphatic heterocycles. The number of benzene rings is 2. The lowest BCUT2D eigenvalue weighted by atomic mass is 9.99. The standard InChI is InChI=1S/C34H44N6O6/c41-24-25-11-13-26(14-12-25)30-22-29(23-39-17-19-40(20-18-39)34-35-15-6-16-36-34)45-33(46-30)27-7-5-8-28(21-27)37-31(42)9-3-1-2-4-10-32(43)38-44/h5-8,11-16,21,29-30,33,41,44H,1-4,9-10,17-20,22-24H2,(H,37,42)(H,38,43)/t29-,30+,33+/m1/s1. The van der Waals surface area contributed by atoms with Gasteiger partial charge in [0.05, 0.1) is 18.8 Å². The maximum absolute atomic E-state index is 12.7. The van der Waals surface area contributed by atoms with Gasteiger partial charge < -0.3 is 24.8 Å². The van der Waals surface area contributed by atoms with Gasteiger partial charge in [0.15, 0.2) is 6.29 Å². The molecule has 246 valence electrons. The van der Waals surface area contributed by atoms with Crippen LogP contribution in [-0.4, -0.2) is 75.8 Å². The minimum atomic E-state index is -0.617. The molecule has 3 heterocycles. The van der Waals surface area contributed by atoms with Crippen molar-refractivity contribution in [3.63, 3.8) is 0 Å². The number of aliphatic hydroxyl groups is 1. The summed E-state index contributed by atoms with van der Waals surface area (Å²) < 4.78 is 13.1. The van der Waals surface area contributed by atoms with Gasteiger partial charge in [-0.3, -0.25) is 19.7 Å². The Hall–Kier alpha value is -3.94. The average Bonchev–Trinajstić information content (AvgIpc) is 3.10. The molecule has 0 radical (unpaired) electrons. The summed E-state index contributed by atoms with van der Waals surface area (Å²) in [7, 11) is 0. The summed E-state index contributed by atoms with van der Waals surface area (Å²) in [5, 5.41) is 21.1. The van der Waals surface area contributed by atoms with Gasteiger partial charge in [-0.15, -0.1) is 0 Å². The molecule has 0 spiro atoms. The van der Waals surface area contributed by atoms with E-state index in [9.17, 15) is 14.7 Å². The molecule has 12 nitrogen and oxygen atoms in total. The third-order valence-electron chi connectivity index (χ3n) is 8.41. The number of ether oxygens (including phenoxy) is 2. The molecule has 0 bridgehead atoms. The van der Waals surface area contributed by atoms with Crippen molar-refractivity contribution in [3.05, 3.63) is 83.7 Å². The first-order valence-electron chi connectivity index (χ1n) is 16.1. The zero-order valence-electron chi connectivity index (χ0n) is 26.1. The van der Waals surface area contributed by atoms with Crippen LogP contribution >= 0.6 is 0 Å². The van der Waals surface area contributed by atoms with Crippen LogP contribution in [0.25, 0.3) is 0 Å². The number of unbranched alkanes of at least 4 members (excludes halogenated alkanes) is 3. The number of nitrogens with zero attached hydrogens (tertiary/aromatic N) is 4. The number of aliphatic hydroxyl groups excluding tert-OH is 1. The number of aromatic nitrogens is 2. The third-order valence-corrected chi connectivity index (χ3v) is 8.41. The Morgan fingerprint density at radius 1 is 0.848 bits per heavy atom. The maximum atomic E-state index is 12.7. The lowest BCUT2D eigenvalue weighted by Gasteiger charge is -2.40. The SMILES string of the molecule is O=C(CCCCCCC(=O)Nc1cccc([C@H]2O[C@@H](CN3CCN(c4ncccn4)CC3)C[C@@H](c3ccc(CO)cc3)O2)c1)NO. The van der Waals surface area contributed by atoms with Crippen molar-refractivity contribution in [3.8, 4) is 0 Å². The summed E-state index contributed by atoms with van der Waals surface area (Å²) >= 11 is 0. The molecule has 4 N–H and O–H groups in total. The molecule has 3 atom stereocenters. The Morgan fingerprint density at radius 3 is 2.26 bits per heavy atom. The monoisotopic (exact) mass is 632 g/mol. The van der Waals surface area contributed by atoms with Gasteiger partial charge in [-0.05, 0) is 42.2 Å². The summed E-state index contributed by atoms with van der Waals surface area (Å²) in [6.07, 6.45) is 7.02. The Bertz CT molecular complexity index is 1390. The van der Waals surface area contributed by atoms with E-state index in [0.717, 1.165) is 68.2 Å². The predicted molar refractivity (Wildman–Crippen MR) is 172 cm³/mol. The zero-order valence-corrected chi connectivity index (χ0v) is 26.1. The number of piperazine rings is 1. The molecule has 1 aromatic heterocycles. The Kier molecular flexibility index (Phi) is 12.4. The quantitative estimate of drug-likeness (QED) is 0.116. The van der Waals surface area contributed by atoms with Gasteiger partial charge in [-0.2, -0.15) is 0 Å². The second-order valence-electron chi connectivity index (χ2n) is 11.8. The molecule has 2 aromatic carbocycles. The van der Waals surface area contributed by atoms with E-state index in [1.165, 1.54) is 0 Å². The predicted octanol–water partition coefficient (Wildman–Crippen LogP) is 4.12. The van der Waals surface area contributed by atoms with E-state index in [0.29, 0.717) is 31.4 Å². The summed E-state index contributed by atoms with van der Waals surface area (Å²) in [5.74, 6) is 0.293. The van der Waals surface area contributed by atoms with Crippen molar-refractivity contribution in [2.24, 2.45) is 0 Å². The molecule has 0 saturated carbocycles. The van der Waals surface area contributed by atoms with Crippen LogP contribution in [0.1, 0.15) is 74.0 Å². The van der Waals surface area contributed by atoms with E-state index < -0.39 is 12.2 Å². The van der Waals surface area contributed by atoms with E-state index in [1.54, 1.807) is 17.9 Å². The van der Waals surface area contributed by atoms with Gasteiger partial charge in [-0.25, -0.2) is 15.4 Å². The first-order chi connectivity index (χ1) is 22.5. The van der Waals surface area contributed by atoms with Crippen molar-refractivity contribution in [2.45, 2.75) is 70.1 Å². The highest BCUT2D eigenvalue weighted by atomic mass is 16.7. The molecule has 46 heavy (non-hydrogen) atoms. The lowest BCUT2D eigenvalue weighted by molar-refractivity contribution is -0.253. The van der Waals surface area contributed by atoms with E-state index >= 15 is 0 Å². The molecule has 5 rings (SSSR count). The highest BCUT2D eigenvalue weighted by molar-refractivity contribution is 5.90. The van der Waals surface area contributed by atoms with Gasteiger partial charge in [0, 0.05) is 75.6 Å². The molecule has 0 unspecified atom stereocenters. The van der Waals surface area contributed by atoms with Crippen molar-refractivity contribution in [1.29, 1.82) is 0 Å². The van der Waals surface area contributed by atoms with Crippen LogP contribution in [0.2, 0.25) is 0 Å². The molecule has 3 aromatic rings. The Balaban J connectivity index is 1.19. The van der Waals surface area contributed by atoms with Gasteiger partial charge >= 0.3 is 0 Å². The molecule has 2 saturated heterocycles. The van der Waals surface area contributed by atoms with Crippen molar-refractivity contribution >= 4 is 23.5 Å². The highest BCUT2D eigenvalue weighted by Crippen LogP contribution is 2.38. The van der Waals surface area contributed by atoms with Crippen molar-refractivity contribution in [2.75, 3.05) is 42.9 Å². The fourth-order valence-corrected chi connectivity index (χ4v) is 5.87. The van der Waals surface area contributed by atoms with Crippen LogP contribution < -0.4 is 15.7 Å². The summed E-state index contributed by atoms with van der Waals surface area (Å²) in [5.41, 5.74) is 5.02. The topological polar surface area (TPSA) is 149 Å². The van der Waals surface area contributed by atoms with Crippen LogP contribution in [0.15, 0.2) is 67.0 Å². The van der Waals surface area contributed by atoms with E-state index in [2.05, 4.69) is 25.1 Å². The zero-order chi connectivity index (χ0) is 32.1. The lowest BCUT2D eigenvalue weighted by Crippen LogP contribution is -2.50. The largest absolute Gasteiger partial charge is 0.392 e. The molecule has 2 amide bonds.